The number of rotatable bonds is 7. The van der Waals surface area contributed by atoms with Crippen LogP contribution in [-0.4, -0.2) is 12.4 Å². The molecule has 110 valence electrons. The Kier molecular flexibility index (Phi) is 5.64. The summed E-state index contributed by atoms with van der Waals surface area (Å²) in [5.41, 5.74) is 2.27. The second-order valence-corrected chi connectivity index (χ2v) is 6.46. The number of fused-ring (bicyclic) bond motifs is 1. The van der Waals surface area contributed by atoms with Crippen molar-refractivity contribution in [2.24, 2.45) is 5.92 Å². The van der Waals surface area contributed by atoms with Gasteiger partial charge >= 0.3 is 0 Å². The molecule has 0 amide bonds. The van der Waals surface area contributed by atoms with Gasteiger partial charge in [0.05, 0.1) is 6.61 Å². The molecule has 3 heteroatoms. The van der Waals surface area contributed by atoms with Crippen LogP contribution in [0.2, 0.25) is 0 Å². The molecule has 0 aliphatic carbocycles. The lowest BCUT2D eigenvalue weighted by atomic mass is 9.90. The first-order valence-electron chi connectivity index (χ1n) is 7.62. The fourth-order valence-corrected chi connectivity index (χ4v) is 3.41. The third kappa shape index (κ3) is 3.63. The van der Waals surface area contributed by atoms with Crippen molar-refractivity contribution in [3.63, 3.8) is 0 Å². The van der Waals surface area contributed by atoms with Crippen LogP contribution in [0.3, 0.4) is 0 Å². The molecule has 0 aromatic heterocycles. The zero-order chi connectivity index (χ0) is 14.5. The largest absolute Gasteiger partial charge is 0.493 e. The van der Waals surface area contributed by atoms with E-state index in [9.17, 15) is 4.79 Å². The summed E-state index contributed by atoms with van der Waals surface area (Å²) >= 11 is 3.53. The molecule has 2 rings (SSSR count). The summed E-state index contributed by atoms with van der Waals surface area (Å²) in [6.45, 7) is 5.02. The SMILES string of the molecule is CCCCC(CC)C(=O)Cc1cc(Br)cc2c1OCC2. The van der Waals surface area contributed by atoms with Gasteiger partial charge in [-0.2, -0.15) is 0 Å². The lowest BCUT2D eigenvalue weighted by molar-refractivity contribution is -0.122. The van der Waals surface area contributed by atoms with E-state index in [-0.39, 0.29) is 5.92 Å². The number of ketones is 1. The van der Waals surface area contributed by atoms with Crippen LogP contribution >= 0.6 is 15.9 Å². The zero-order valence-corrected chi connectivity index (χ0v) is 14.0. The second kappa shape index (κ2) is 7.26. The molecule has 0 saturated carbocycles. The van der Waals surface area contributed by atoms with Gasteiger partial charge < -0.3 is 4.74 Å². The minimum Gasteiger partial charge on any atom is -0.493 e. The first kappa shape index (κ1) is 15.6. The fourth-order valence-electron chi connectivity index (χ4n) is 2.85. The van der Waals surface area contributed by atoms with Crippen LogP contribution in [0.25, 0.3) is 0 Å². The van der Waals surface area contributed by atoms with Crippen molar-refractivity contribution >= 4 is 21.7 Å². The van der Waals surface area contributed by atoms with Gasteiger partial charge in [-0.25, -0.2) is 0 Å². The van der Waals surface area contributed by atoms with E-state index in [1.807, 2.05) is 6.07 Å². The molecule has 0 spiro atoms. The predicted octanol–water partition coefficient (Wildman–Crippen LogP) is 4.71. The number of benzene rings is 1. The lowest BCUT2D eigenvalue weighted by Gasteiger charge is -2.15. The van der Waals surface area contributed by atoms with E-state index in [4.69, 9.17) is 4.74 Å². The molecule has 2 nitrogen and oxygen atoms in total. The number of carbonyl (C=O) groups is 1. The Morgan fingerprint density at radius 2 is 2.20 bits per heavy atom. The summed E-state index contributed by atoms with van der Waals surface area (Å²) in [5, 5.41) is 0. The van der Waals surface area contributed by atoms with Crippen molar-refractivity contribution in [3.8, 4) is 5.75 Å². The number of Topliss-reactive ketones (excluding diaryl/α,β-unsaturated/α-hetero) is 1. The van der Waals surface area contributed by atoms with E-state index < -0.39 is 0 Å². The summed E-state index contributed by atoms with van der Waals surface area (Å²) in [5.74, 6) is 1.51. The molecule has 0 saturated heterocycles. The third-order valence-electron chi connectivity index (χ3n) is 4.04. The lowest BCUT2D eigenvalue weighted by Crippen LogP contribution is -2.16. The maximum atomic E-state index is 12.5. The van der Waals surface area contributed by atoms with Crippen LogP contribution in [0, 0.1) is 5.92 Å². The molecule has 20 heavy (non-hydrogen) atoms. The van der Waals surface area contributed by atoms with E-state index in [0.717, 1.165) is 54.5 Å². The average Bonchev–Trinajstić information content (AvgIpc) is 2.87. The summed E-state index contributed by atoms with van der Waals surface area (Å²) in [6.07, 6.45) is 5.70. The zero-order valence-electron chi connectivity index (χ0n) is 12.4. The molecule has 1 aromatic rings. The maximum Gasteiger partial charge on any atom is 0.140 e. The van der Waals surface area contributed by atoms with Gasteiger partial charge in [-0.15, -0.1) is 0 Å². The Hall–Kier alpha value is -0.830. The van der Waals surface area contributed by atoms with Gasteiger partial charge in [0.15, 0.2) is 0 Å². The van der Waals surface area contributed by atoms with Gasteiger partial charge in [0.1, 0.15) is 11.5 Å². The quantitative estimate of drug-likeness (QED) is 0.719. The highest BCUT2D eigenvalue weighted by Crippen LogP contribution is 2.34. The monoisotopic (exact) mass is 338 g/mol. The Balaban J connectivity index is 2.11. The van der Waals surface area contributed by atoms with Crippen molar-refractivity contribution in [1.29, 1.82) is 0 Å². The van der Waals surface area contributed by atoms with Crippen molar-refractivity contribution in [2.75, 3.05) is 6.61 Å². The highest BCUT2D eigenvalue weighted by atomic mass is 79.9. The smallest absolute Gasteiger partial charge is 0.140 e. The molecule has 0 radical (unpaired) electrons. The standard InChI is InChI=1S/C17H23BrO2/c1-3-5-6-12(4-2)16(19)11-14-10-15(18)9-13-7-8-20-17(13)14/h9-10,12H,3-8,11H2,1-2H3. The topological polar surface area (TPSA) is 26.3 Å². The first-order chi connectivity index (χ1) is 9.65. The minimum absolute atomic E-state index is 0.200. The highest BCUT2D eigenvalue weighted by Gasteiger charge is 2.22. The number of halogens is 1. The Morgan fingerprint density at radius 1 is 1.40 bits per heavy atom. The van der Waals surface area contributed by atoms with E-state index in [0.29, 0.717) is 12.2 Å². The maximum absolute atomic E-state index is 12.5. The summed E-state index contributed by atoms with van der Waals surface area (Å²) in [7, 11) is 0. The molecular formula is C17H23BrO2. The van der Waals surface area contributed by atoms with Crippen molar-refractivity contribution in [1.82, 2.24) is 0 Å². The number of hydrogen-bond donors (Lipinski definition) is 0. The summed E-state index contributed by atoms with van der Waals surface area (Å²) in [4.78, 5) is 12.5. The van der Waals surface area contributed by atoms with Crippen LogP contribution in [0.15, 0.2) is 16.6 Å². The van der Waals surface area contributed by atoms with E-state index in [2.05, 4.69) is 35.8 Å². The summed E-state index contributed by atoms with van der Waals surface area (Å²) < 4.78 is 6.75. The molecule has 0 fully saturated rings. The van der Waals surface area contributed by atoms with Crippen molar-refractivity contribution < 1.29 is 9.53 Å². The van der Waals surface area contributed by atoms with Crippen LogP contribution < -0.4 is 4.74 Å². The van der Waals surface area contributed by atoms with E-state index >= 15 is 0 Å². The molecule has 0 bridgehead atoms. The summed E-state index contributed by atoms with van der Waals surface area (Å²) in [6, 6.07) is 4.14. The predicted molar refractivity (Wildman–Crippen MR) is 85.4 cm³/mol. The molecule has 1 atom stereocenters. The third-order valence-corrected chi connectivity index (χ3v) is 4.50. The van der Waals surface area contributed by atoms with Crippen molar-refractivity contribution in [2.45, 2.75) is 52.4 Å². The number of ether oxygens (including phenoxy) is 1. The van der Waals surface area contributed by atoms with Crippen molar-refractivity contribution in [3.05, 3.63) is 27.7 Å². The Morgan fingerprint density at radius 3 is 2.90 bits per heavy atom. The molecule has 1 aliphatic heterocycles. The van der Waals surface area contributed by atoms with E-state index in [1.54, 1.807) is 0 Å². The van der Waals surface area contributed by atoms with E-state index in [1.165, 1.54) is 5.56 Å². The van der Waals surface area contributed by atoms with Gasteiger partial charge in [-0.3, -0.25) is 4.79 Å². The van der Waals surface area contributed by atoms with Crippen LogP contribution in [0.4, 0.5) is 0 Å². The first-order valence-corrected chi connectivity index (χ1v) is 8.41. The number of carbonyl (C=O) groups excluding carboxylic acids is 1. The molecule has 1 heterocycles. The van der Waals surface area contributed by atoms with Gasteiger partial charge in [-0.1, -0.05) is 42.6 Å². The van der Waals surface area contributed by atoms with Crippen LogP contribution in [-0.2, 0) is 17.6 Å². The highest BCUT2D eigenvalue weighted by molar-refractivity contribution is 9.10. The molecule has 0 N–H and O–H groups in total. The van der Waals surface area contributed by atoms with Gasteiger partial charge in [-0.05, 0) is 30.5 Å². The molecule has 1 unspecified atom stereocenters. The van der Waals surface area contributed by atoms with Gasteiger partial charge in [0.25, 0.3) is 0 Å². The number of unbranched alkanes of at least 4 members (excludes halogenated alkanes) is 1. The number of hydrogen-bond acceptors (Lipinski definition) is 2. The van der Waals surface area contributed by atoms with Crippen LogP contribution in [0.5, 0.6) is 5.75 Å². The van der Waals surface area contributed by atoms with Gasteiger partial charge in [0.2, 0.25) is 0 Å². The molecule has 1 aromatic carbocycles. The molecule has 1 aliphatic rings. The van der Waals surface area contributed by atoms with Crippen LogP contribution in [0.1, 0.15) is 50.7 Å². The average molecular weight is 339 g/mol. The minimum atomic E-state index is 0.200. The Labute approximate surface area is 130 Å². The fraction of sp³-hybridized carbons (Fsp3) is 0.588. The molecular weight excluding hydrogens is 316 g/mol. The second-order valence-electron chi connectivity index (χ2n) is 5.54. The Bertz CT molecular complexity index is 482. The normalized spacial score (nSPS) is 14.8. The van der Waals surface area contributed by atoms with Gasteiger partial charge in [0, 0.05) is 28.8 Å².